The lowest BCUT2D eigenvalue weighted by molar-refractivity contribution is -0.122. The number of hydrogen-bond acceptors (Lipinski definition) is 3. The number of nitrogens with zero attached hydrogens (tertiary/aromatic N) is 2. The molecule has 132 valence electrons. The van der Waals surface area contributed by atoms with Crippen molar-refractivity contribution < 1.29 is 14.0 Å². The maximum atomic E-state index is 13.9. The van der Waals surface area contributed by atoms with E-state index in [1.54, 1.807) is 4.90 Å². The van der Waals surface area contributed by atoms with Crippen LogP contribution in [0, 0.1) is 5.82 Å². The first-order valence-corrected chi connectivity index (χ1v) is 8.63. The van der Waals surface area contributed by atoms with E-state index in [0.29, 0.717) is 39.3 Å². The van der Waals surface area contributed by atoms with Gasteiger partial charge in [0, 0.05) is 32.7 Å². The van der Waals surface area contributed by atoms with Gasteiger partial charge in [-0.1, -0.05) is 31.0 Å². The van der Waals surface area contributed by atoms with Crippen molar-refractivity contribution in [3.05, 3.63) is 34.6 Å². The number of halogens is 2. The monoisotopic (exact) mass is 355 g/mol. The van der Waals surface area contributed by atoms with Crippen LogP contribution in [0.3, 0.4) is 0 Å². The number of unbranched alkanes of at least 4 members (excludes halogenated alkanes) is 1. The second kappa shape index (κ2) is 8.99. The number of rotatable bonds is 6. The van der Waals surface area contributed by atoms with Crippen molar-refractivity contribution in [1.82, 2.24) is 15.1 Å². The molecule has 1 fully saturated rings. The highest BCUT2D eigenvalue weighted by Gasteiger charge is 2.26. The number of benzene rings is 1. The van der Waals surface area contributed by atoms with Crippen molar-refractivity contribution >= 4 is 23.4 Å². The van der Waals surface area contributed by atoms with Crippen molar-refractivity contribution in [3.63, 3.8) is 0 Å². The van der Waals surface area contributed by atoms with Gasteiger partial charge in [-0.3, -0.25) is 14.5 Å². The van der Waals surface area contributed by atoms with Gasteiger partial charge < -0.3 is 10.2 Å². The molecule has 1 aromatic carbocycles. The number of piperazine rings is 1. The minimum absolute atomic E-state index is 0.000347. The quantitative estimate of drug-likeness (QED) is 0.795. The van der Waals surface area contributed by atoms with Gasteiger partial charge in [0.25, 0.3) is 5.91 Å². The Bertz CT molecular complexity index is 569. The second-order valence-corrected chi connectivity index (χ2v) is 6.28. The van der Waals surface area contributed by atoms with Gasteiger partial charge in [-0.15, -0.1) is 0 Å². The molecule has 0 unspecified atom stereocenters. The fourth-order valence-corrected chi connectivity index (χ4v) is 2.88. The second-order valence-electron chi connectivity index (χ2n) is 5.87. The summed E-state index contributed by atoms with van der Waals surface area (Å²) in [5, 5.41) is 3.00. The summed E-state index contributed by atoms with van der Waals surface area (Å²) in [6, 6.07) is 4.22. The van der Waals surface area contributed by atoms with Gasteiger partial charge in [-0.2, -0.15) is 0 Å². The molecule has 1 heterocycles. The smallest absolute Gasteiger partial charge is 0.258 e. The van der Waals surface area contributed by atoms with Gasteiger partial charge in [0.2, 0.25) is 5.91 Å². The predicted octanol–water partition coefficient (Wildman–Crippen LogP) is 2.15. The molecule has 1 aromatic rings. The Morgan fingerprint density at radius 1 is 1.25 bits per heavy atom. The van der Waals surface area contributed by atoms with Crippen LogP contribution in [-0.2, 0) is 4.79 Å². The zero-order valence-corrected chi connectivity index (χ0v) is 14.6. The predicted molar refractivity (Wildman–Crippen MR) is 91.7 cm³/mol. The lowest BCUT2D eigenvalue weighted by atomic mass is 10.1. The Balaban J connectivity index is 1.84. The summed E-state index contributed by atoms with van der Waals surface area (Å²) in [6.45, 7) is 5.16. The van der Waals surface area contributed by atoms with Crippen molar-refractivity contribution in [1.29, 1.82) is 0 Å². The van der Waals surface area contributed by atoms with Gasteiger partial charge in [0.05, 0.1) is 17.1 Å². The number of carbonyl (C=O) groups excluding carboxylic acids is 2. The van der Waals surface area contributed by atoms with Crippen LogP contribution in [0.25, 0.3) is 0 Å². The zero-order chi connectivity index (χ0) is 17.5. The minimum Gasteiger partial charge on any atom is -0.355 e. The van der Waals surface area contributed by atoms with Crippen molar-refractivity contribution in [2.45, 2.75) is 19.8 Å². The fourth-order valence-electron chi connectivity index (χ4n) is 2.63. The molecule has 1 aliphatic heterocycles. The summed E-state index contributed by atoms with van der Waals surface area (Å²) >= 11 is 5.95. The van der Waals surface area contributed by atoms with Crippen LogP contribution in [0.4, 0.5) is 4.39 Å². The highest BCUT2D eigenvalue weighted by molar-refractivity contribution is 6.33. The van der Waals surface area contributed by atoms with Crippen LogP contribution in [0.2, 0.25) is 5.02 Å². The lowest BCUT2D eigenvalue weighted by Crippen LogP contribution is -2.51. The van der Waals surface area contributed by atoms with Gasteiger partial charge in [-0.25, -0.2) is 4.39 Å². The summed E-state index contributed by atoms with van der Waals surface area (Å²) in [5.74, 6) is -1.00. The standard InChI is InChI=1S/C17H23ClFN3O2/c1-2-3-7-20-15(23)12-21-8-10-22(11-9-21)17(24)16-13(18)5-4-6-14(16)19/h4-6H,2-3,7-12H2,1H3,(H,20,23). The summed E-state index contributed by atoms with van der Waals surface area (Å²) in [5.41, 5.74) is -0.0788. The van der Waals surface area contributed by atoms with Crippen LogP contribution in [-0.4, -0.2) is 60.9 Å². The Hall–Kier alpha value is -1.66. The van der Waals surface area contributed by atoms with E-state index in [2.05, 4.69) is 12.2 Å². The van der Waals surface area contributed by atoms with E-state index in [0.717, 1.165) is 12.8 Å². The van der Waals surface area contributed by atoms with Gasteiger partial charge >= 0.3 is 0 Å². The largest absolute Gasteiger partial charge is 0.355 e. The van der Waals surface area contributed by atoms with Gasteiger partial charge in [0.15, 0.2) is 0 Å². The minimum atomic E-state index is -0.606. The number of amides is 2. The zero-order valence-electron chi connectivity index (χ0n) is 13.9. The number of hydrogen-bond donors (Lipinski definition) is 1. The number of carbonyl (C=O) groups is 2. The summed E-state index contributed by atoms with van der Waals surface area (Å²) in [4.78, 5) is 27.8. The molecule has 24 heavy (non-hydrogen) atoms. The van der Waals surface area contributed by atoms with E-state index in [4.69, 9.17) is 11.6 Å². The molecule has 7 heteroatoms. The molecule has 2 rings (SSSR count). The highest BCUT2D eigenvalue weighted by atomic mass is 35.5. The molecule has 1 saturated heterocycles. The molecule has 0 bridgehead atoms. The Morgan fingerprint density at radius 3 is 2.58 bits per heavy atom. The van der Waals surface area contributed by atoms with Crippen LogP contribution < -0.4 is 5.32 Å². The van der Waals surface area contributed by atoms with E-state index in [1.165, 1.54) is 18.2 Å². The summed E-state index contributed by atoms with van der Waals surface area (Å²) < 4.78 is 13.9. The Kier molecular flexibility index (Phi) is 6.99. The Morgan fingerprint density at radius 2 is 1.96 bits per heavy atom. The molecule has 2 amide bonds. The maximum absolute atomic E-state index is 13.9. The molecule has 0 aromatic heterocycles. The molecular weight excluding hydrogens is 333 g/mol. The topological polar surface area (TPSA) is 52.7 Å². The van der Waals surface area contributed by atoms with Gasteiger partial charge in [-0.05, 0) is 18.6 Å². The first-order valence-electron chi connectivity index (χ1n) is 8.25. The first kappa shape index (κ1) is 18.7. The third kappa shape index (κ3) is 4.92. The van der Waals surface area contributed by atoms with Crippen LogP contribution >= 0.6 is 11.6 Å². The third-order valence-corrected chi connectivity index (χ3v) is 4.37. The first-order chi connectivity index (χ1) is 11.5. The lowest BCUT2D eigenvalue weighted by Gasteiger charge is -2.34. The van der Waals surface area contributed by atoms with Crippen LogP contribution in [0.15, 0.2) is 18.2 Å². The van der Waals surface area contributed by atoms with Crippen molar-refractivity contribution in [3.8, 4) is 0 Å². The average Bonchev–Trinajstić information content (AvgIpc) is 2.55. The van der Waals surface area contributed by atoms with Crippen molar-refractivity contribution in [2.24, 2.45) is 0 Å². The SMILES string of the molecule is CCCCNC(=O)CN1CCN(C(=O)c2c(F)cccc2Cl)CC1. The van der Waals surface area contributed by atoms with Gasteiger partial charge in [0.1, 0.15) is 5.82 Å². The van der Waals surface area contributed by atoms with E-state index in [1.807, 2.05) is 4.90 Å². The highest BCUT2D eigenvalue weighted by Crippen LogP contribution is 2.21. The molecule has 0 spiro atoms. The van der Waals surface area contributed by atoms with E-state index < -0.39 is 11.7 Å². The maximum Gasteiger partial charge on any atom is 0.258 e. The Labute approximate surface area is 146 Å². The molecule has 0 aliphatic carbocycles. The van der Waals surface area contributed by atoms with Crippen LogP contribution in [0.5, 0.6) is 0 Å². The van der Waals surface area contributed by atoms with E-state index in [9.17, 15) is 14.0 Å². The molecular formula is C17H23ClFN3O2. The third-order valence-electron chi connectivity index (χ3n) is 4.06. The molecule has 0 atom stereocenters. The average molecular weight is 356 g/mol. The molecule has 0 radical (unpaired) electrons. The van der Waals surface area contributed by atoms with E-state index in [-0.39, 0.29) is 16.5 Å². The summed E-state index contributed by atoms with van der Waals surface area (Å²) in [7, 11) is 0. The number of nitrogens with one attached hydrogen (secondary N) is 1. The normalized spacial score (nSPS) is 15.4. The van der Waals surface area contributed by atoms with Crippen LogP contribution in [0.1, 0.15) is 30.1 Å². The molecule has 1 aliphatic rings. The molecule has 0 saturated carbocycles. The van der Waals surface area contributed by atoms with E-state index >= 15 is 0 Å². The molecule has 1 N–H and O–H groups in total. The fraction of sp³-hybridized carbons (Fsp3) is 0.529. The summed E-state index contributed by atoms with van der Waals surface area (Å²) in [6.07, 6.45) is 2.01. The molecule has 5 nitrogen and oxygen atoms in total. The van der Waals surface area contributed by atoms with Crippen molar-refractivity contribution in [2.75, 3.05) is 39.3 Å².